The van der Waals surface area contributed by atoms with E-state index in [1.165, 1.54) is 11.1 Å². The predicted molar refractivity (Wildman–Crippen MR) is 121 cm³/mol. The van der Waals surface area contributed by atoms with Crippen LogP contribution < -0.4 is 20.1 Å². The molecule has 0 aromatic heterocycles. The summed E-state index contributed by atoms with van der Waals surface area (Å²) in [7, 11) is 0. The zero-order chi connectivity index (χ0) is 21.8. The van der Waals surface area contributed by atoms with Crippen molar-refractivity contribution in [2.45, 2.75) is 58.3 Å². The number of ether oxygens (including phenoxy) is 2. The quantitative estimate of drug-likeness (QED) is 0.683. The molecular formula is C25H33N3O3. The van der Waals surface area contributed by atoms with Crippen molar-refractivity contribution in [1.29, 1.82) is 0 Å². The van der Waals surface area contributed by atoms with Crippen LogP contribution in [0, 0.1) is 6.92 Å². The number of rotatable bonds is 8. The van der Waals surface area contributed by atoms with Gasteiger partial charge in [-0.25, -0.2) is 0 Å². The van der Waals surface area contributed by atoms with Gasteiger partial charge in [0.25, 0.3) is 0 Å². The monoisotopic (exact) mass is 423 g/mol. The molecule has 0 saturated carbocycles. The summed E-state index contributed by atoms with van der Waals surface area (Å²) in [5, 5.41) is 6.80. The van der Waals surface area contributed by atoms with Gasteiger partial charge >= 0.3 is 0 Å². The molecule has 0 aliphatic carbocycles. The first-order chi connectivity index (χ1) is 15.0. The molecule has 2 aliphatic heterocycles. The first-order valence-corrected chi connectivity index (χ1v) is 11.2. The molecule has 2 heterocycles. The van der Waals surface area contributed by atoms with E-state index in [0.29, 0.717) is 18.6 Å². The van der Waals surface area contributed by atoms with Crippen LogP contribution in [0.25, 0.3) is 0 Å². The van der Waals surface area contributed by atoms with E-state index in [4.69, 9.17) is 9.47 Å². The average Bonchev–Trinajstić information content (AvgIpc) is 3.39. The Morgan fingerprint density at radius 3 is 2.77 bits per heavy atom. The summed E-state index contributed by atoms with van der Waals surface area (Å²) >= 11 is 0. The highest BCUT2D eigenvalue weighted by molar-refractivity contribution is 5.82. The standard InChI is InChI=1S/C25H33N3O3/c1-17(2)28-15-21(27-14-20-6-4-5-18(3)11-20)13-22(28)25(29)26-10-9-19-7-8-23-24(12-19)31-16-30-23/h4-8,11-12,17,21-22,27H,9-10,13-16H2,1-3H3,(H,26,29)/t21-,22-/m0/s1. The number of nitrogens with zero attached hydrogens (tertiary/aromatic N) is 1. The van der Waals surface area contributed by atoms with Crippen molar-refractivity contribution in [2.75, 3.05) is 19.9 Å². The Bertz CT molecular complexity index is 915. The number of carbonyl (C=O) groups excluding carboxylic acids is 1. The molecule has 2 aromatic carbocycles. The molecule has 4 rings (SSSR count). The molecule has 31 heavy (non-hydrogen) atoms. The van der Waals surface area contributed by atoms with E-state index >= 15 is 0 Å². The molecule has 0 unspecified atom stereocenters. The molecule has 0 radical (unpaired) electrons. The van der Waals surface area contributed by atoms with Crippen molar-refractivity contribution in [3.8, 4) is 11.5 Å². The van der Waals surface area contributed by atoms with E-state index in [0.717, 1.165) is 43.0 Å². The van der Waals surface area contributed by atoms with E-state index in [9.17, 15) is 4.79 Å². The van der Waals surface area contributed by atoms with Crippen molar-refractivity contribution in [2.24, 2.45) is 0 Å². The minimum atomic E-state index is -0.0910. The van der Waals surface area contributed by atoms with Gasteiger partial charge in [0.1, 0.15) is 0 Å². The maximum Gasteiger partial charge on any atom is 0.237 e. The van der Waals surface area contributed by atoms with Crippen molar-refractivity contribution in [3.05, 3.63) is 59.2 Å². The number of amides is 1. The number of hydrogen-bond acceptors (Lipinski definition) is 5. The second-order valence-electron chi connectivity index (χ2n) is 8.84. The predicted octanol–water partition coefficient (Wildman–Crippen LogP) is 3.02. The Balaban J connectivity index is 1.28. The lowest BCUT2D eigenvalue weighted by atomic mass is 10.1. The van der Waals surface area contributed by atoms with Gasteiger partial charge in [-0.15, -0.1) is 0 Å². The molecule has 2 N–H and O–H groups in total. The summed E-state index contributed by atoms with van der Waals surface area (Å²) < 4.78 is 10.8. The Labute approximate surface area is 184 Å². The first kappa shape index (κ1) is 21.7. The fraction of sp³-hybridized carbons (Fsp3) is 0.480. The molecule has 2 aromatic rings. The second kappa shape index (κ2) is 9.71. The number of likely N-dealkylation sites (tertiary alicyclic amines) is 1. The van der Waals surface area contributed by atoms with Crippen LogP contribution >= 0.6 is 0 Å². The molecule has 2 aliphatic rings. The molecule has 2 atom stereocenters. The van der Waals surface area contributed by atoms with Crippen LogP contribution in [0.15, 0.2) is 42.5 Å². The number of fused-ring (bicyclic) bond motifs is 1. The summed E-state index contributed by atoms with van der Waals surface area (Å²) in [5.74, 6) is 1.69. The third kappa shape index (κ3) is 5.38. The zero-order valence-corrected chi connectivity index (χ0v) is 18.7. The van der Waals surface area contributed by atoms with Crippen LogP contribution in [-0.4, -0.2) is 48.8 Å². The van der Waals surface area contributed by atoms with Crippen molar-refractivity contribution >= 4 is 5.91 Å². The normalized spacial score (nSPS) is 20.4. The topological polar surface area (TPSA) is 62.8 Å². The summed E-state index contributed by atoms with van der Waals surface area (Å²) in [6.45, 7) is 9.05. The van der Waals surface area contributed by atoms with Gasteiger partial charge in [-0.2, -0.15) is 0 Å². The van der Waals surface area contributed by atoms with Crippen molar-refractivity contribution < 1.29 is 14.3 Å². The molecule has 0 spiro atoms. The summed E-state index contributed by atoms with van der Waals surface area (Å²) in [4.78, 5) is 15.3. The molecule has 1 fully saturated rings. The molecule has 166 valence electrons. The van der Waals surface area contributed by atoms with E-state index in [-0.39, 0.29) is 18.7 Å². The second-order valence-corrected chi connectivity index (χ2v) is 8.84. The highest BCUT2D eigenvalue weighted by Gasteiger charge is 2.37. The van der Waals surface area contributed by atoms with Crippen LogP contribution in [-0.2, 0) is 17.8 Å². The van der Waals surface area contributed by atoms with Crippen molar-refractivity contribution in [3.63, 3.8) is 0 Å². The van der Waals surface area contributed by atoms with Crippen molar-refractivity contribution in [1.82, 2.24) is 15.5 Å². The Morgan fingerprint density at radius 2 is 1.97 bits per heavy atom. The van der Waals surface area contributed by atoms with Gasteiger partial charge in [-0.1, -0.05) is 35.9 Å². The number of hydrogen-bond donors (Lipinski definition) is 2. The van der Waals surface area contributed by atoms with Gasteiger partial charge in [0, 0.05) is 31.7 Å². The maximum atomic E-state index is 13.0. The Kier molecular flexibility index (Phi) is 6.78. The number of benzene rings is 2. The van der Waals surface area contributed by atoms with E-state index in [1.54, 1.807) is 0 Å². The largest absolute Gasteiger partial charge is 0.454 e. The van der Waals surface area contributed by atoms with Crippen LogP contribution in [0.3, 0.4) is 0 Å². The molecule has 0 bridgehead atoms. The lowest BCUT2D eigenvalue weighted by molar-refractivity contribution is -0.126. The molecule has 1 saturated heterocycles. The summed E-state index contributed by atoms with van der Waals surface area (Å²) in [6, 6.07) is 15.1. The molecular weight excluding hydrogens is 390 g/mol. The fourth-order valence-electron chi connectivity index (χ4n) is 4.47. The van der Waals surface area contributed by atoms with Gasteiger partial charge in [0.05, 0.1) is 6.04 Å². The minimum Gasteiger partial charge on any atom is -0.454 e. The third-order valence-corrected chi connectivity index (χ3v) is 6.13. The van der Waals surface area contributed by atoms with Gasteiger partial charge in [0.2, 0.25) is 12.7 Å². The lowest BCUT2D eigenvalue weighted by Crippen LogP contribution is -2.46. The number of aryl methyl sites for hydroxylation is 1. The molecule has 1 amide bonds. The highest BCUT2D eigenvalue weighted by atomic mass is 16.7. The first-order valence-electron chi connectivity index (χ1n) is 11.2. The fourth-order valence-corrected chi connectivity index (χ4v) is 4.47. The lowest BCUT2D eigenvalue weighted by Gasteiger charge is -2.27. The minimum absolute atomic E-state index is 0.0910. The molecule has 6 nitrogen and oxygen atoms in total. The van der Waals surface area contributed by atoms with E-state index < -0.39 is 0 Å². The van der Waals surface area contributed by atoms with Crippen LogP contribution in [0.1, 0.15) is 37.0 Å². The number of nitrogens with one attached hydrogen (secondary N) is 2. The third-order valence-electron chi connectivity index (χ3n) is 6.13. The average molecular weight is 424 g/mol. The van der Waals surface area contributed by atoms with E-state index in [1.807, 2.05) is 18.2 Å². The Morgan fingerprint density at radius 1 is 1.13 bits per heavy atom. The van der Waals surface area contributed by atoms with Gasteiger partial charge in [0.15, 0.2) is 11.5 Å². The van der Waals surface area contributed by atoms with Gasteiger partial charge in [-0.05, 0) is 56.9 Å². The maximum absolute atomic E-state index is 13.0. The highest BCUT2D eigenvalue weighted by Crippen LogP contribution is 2.32. The Hall–Kier alpha value is -2.57. The van der Waals surface area contributed by atoms with Crippen LogP contribution in [0.5, 0.6) is 11.5 Å². The van der Waals surface area contributed by atoms with Gasteiger partial charge < -0.3 is 20.1 Å². The van der Waals surface area contributed by atoms with E-state index in [2.05, 4.69) is 60.6 Å². The smallest absolute Gasteiger partial charge is 0.237 e. The summed E-state index contributed by atoms with van der Waals surface area (Å²) in [5.41, 5.74) is 3.69. The van der Waals surface area contributed by atoms with Crippen LogP contribution in [0.2, 0.25) is 0 Å². The summed E-state index contributed by atoms with van der Waals surface area (Å²) in [6.07, 6.45) is 1.60. The molecule has 6 heteroatoms. The van der Waals surface area contributed by atoms with Crippen LogP contribution in [0.4, 0.5) is 0 Å². The number of carbonyl (C=O) groups is 1. The SMILES string of the molecule is Cc1cccc(CN[C@H]2C[C@@H](C(=O)NCCc3ccc4c(c3)OCO4)N(C(C)C)C2)c1. The van der Waals surface area contributed by atoms with Gasteiger partial charge in [-0.3, -0.25) is 9.69 Å². The zero-order valence-electron chi connectivity index (χ0n) is 18.7.